The van der Waals surface area contributed by atoms with E-state index in [1.54, 1.807) is 0 Å². The van der Waals surface area contributed by atoms with Crippen molar-refractivity contribution in [1.82, 2.24) is 0 Å². The number of rotatable bonds is 3. The Morgan fingerprint density at radius 3 is 2.47 bits per heavy atom. The first-order chi connectivity index (χ1) is 9.16. The number of aryl methyl sites for hydroxylation is 2. The molecule has 0 N–H and O–H groups in total. The lowest BCUT2D eigenvalue weighted by Crippen LogP contribution is -2.14. The Balaban J connectivity index is 2.02. The topological polar surface area (TPSA) is 30.2 Å². The van der Waals surface area contributed by atoms with Crippen molar-refractivity contribution >= 4 is 5.78 Å². The van der Waals surface area contributed by atoms with Gasteiger partial charge in [-0.05, 0) is 44.2 Å². The molecule has 0 unspecified atom stereocenters. The molecule has 0 amide bonds. The standard InChI is InChI=1S/C17H18O2/c1-11-10-16(12(2)19-11)17(18)15-9-4-3-8-14(15)13-6-5-7-13/h3-4,8-10,13H,5-7H2,1-2H3. The summed E-state index contributed by atoms with van der Waals surface area (Å²) in [6, 6.07) is 9.85. The molecule has 0 aliphatic heterocycles. The number of ketones is 1. The maximum absolute atomic E-state index is 12.7. The summed E-state index contributed by atoms with van der Waals surface area (Å²) >= 11 is 0. The zero-order valence-electron chi connectivity index (χ0n) is 11.4. The summed E-state index contributed by atoms with van der Waals surface area (Å²) < 4.78 is 5.48. The molecule has 1 saturated carbocycles. The fourth-order valence-corrected chi connectivity index (χ4v) is 2.78. The van der Waals surface area contributed by atoms with E-state index in [2.05, 4.69) is 6.07 Å². The van der Waals surface area contributed by atoms with Crippen LogP contribution in [-0.2, 0) is 0 Å². The molecule has 1 fully saturated rings. The van der Waals surface area contributed by atoms with Crippen molar-refractivity contribution in [3.8, 4) is 0 Å². The van der Waals surface area contributed by atoms with E-state index in [9.17, 15) is 4.79 Å². The Morgan fingerprint density at radius 2 is 1.89 bits per heavy atom. The van der Waals surface area contributed by atoms with E-state index in [-0.39, 0.29) is 5.78 Å². The fraction of sp³-hybridized carbons (Fsp3) is 0.353. The van der Waals surface area contributed by atoms with E-state index in [1.807, 2.05) is 38.1 Å². The maximum Gasteiger partial charge on any atom is 0.196 e. The third kappa shape index (κ3) is 2.12. The van der Waals surface area contributed by atoms with Gasteiger partial charge in [0.15, 0.2) is 5.78 Å². The second-order valence-corrected chi connectivity index (χ2v) is 5.37. The molecule has 1 aliphatic rings. The summed E-state index contributed by atoms with van der Waals surface area (Å²) in [7, 11) is 0. The molecular weight excluding hydrogens is 236 g/mol. The van der Waals surface area contributed by atoms with Crippen LogP contribution in [0.25, 0.3) is 0 Å². The Bertz CT molecular complexity index is 618. The van der Waals surface area contributed by atoms with Gasteiger partial charge in [0.1, 0.15) is 11.5 Å². The van der Waals surface area contributed by atoms with Crippen molar-refractivity contribution in [2.45, 2.75) is 39.0 Å². The van der Waals surface area contributed by atoms with Gasteiger partial charge in [0, 0.05) is 5.56 Å². The smallest absolute Gasteiger partial charge is 0.196 e. The Kier molecular flexibility index (Phi) is 3.02. The van der Waals surface area contributed by atoms with Gasteiger partial charge in [0.25, 0.3) is 0 Å². The van der Waals surface area contributed by atoms with Gasteiger partial charge in [-0.15, -0.1) is 0 Å². The SMILES string of the molecule is Cc1cc(C(=O)c2ccccc2C2CCC2)c(C)o1. The molecule has 3 rings (SSSR count). The second kappa shape index (κ2) is 4.69. The van der Waals surface area contributed by atoms with Gasteiger partial charge in [-0.2, -0.15) is 0 Å². The molecule has 0 bridgehead atoms. The summed E-state index contributed by atoms with van der Waals surface area (Å²) in [4.78, 5) is 12.7. The first-order valence-corrected chi connectivity index (χ1v) is 6.87. The van der Waals surface area contributed by atoms with E-state index >= 15 is 0 Å². The summed E-state index contributed by atoms with van der Waals surface area (Å²) in [5, 5.41) is 0. The van der Waals surface area contributed by atoms with Crippen molar-refractivity contribution in [1.29, 1.82) is 0 Å². The van der Waals surface area contributed by atoms with Crippen LogP contribution in [0.3, 0.4) is 0 Å². The van der Waals surface area contributed by atoms with Crippen LogP contribution in [-0.4, -0.2) is 5.78 Å². The molecule has 2 aromatic rings. The van der Waals surface area contributed by atoms with Crippen LogP contribution in [0.2, 0.25) is 0 Å². The van der Waals surface area contributed by atoms with Gasteiger partial charge in [0.2, 0.25) is 0 Å². The van der Waals surface area contributed by atoms with Gasteiger partial charge in [-0.1, -0.05) is 30.7 Å². The maximum atomic E-state index is 12.7. The third-order valence-electron chi connectivity index (χ3n) is 4.04. The monoisotopic (exact) mass is 254 g/mol. The highest BCUT2D eigenvalue weighted by molar-refractivity contribution is 6.10. The average Bonchev–Trinajstić information content (AvgIpc) is 2.66. The van der Waals surface area contributed by atoms with Crippen LogP contribution in [0.4, 0.5) is 0 Å². The van der Waals surface area contributed by atoms with Crippen LogP contribution in [0, 0.1) is 13.8 Å². The molecule has 1 aromatic carbocycles. The summed E-state index contributed by atoms with van der Waals surface area (Å²) in [6.45, 7) is 3.73. The normalized spacial score (nSPS) is 15.3. The molecule has 0 spiro atoms. The van der Waals surface area contributed by atoms with Crippen LogP contribution >= 0.6 is 0 Å². The van der Waals surface area contributed by atoms with Crippen molar-refractivity contribution in [2.24, 2.45) is 0 Å². The van der Waals surface area contributed by atoms with Gasteiger partial charge in [-0.3, -0.25) is 4.79 Å². The Labute approximate surface area is 113 Å². The lowest BCUT2D eigenvalue weighted by atomic mass is 9.77. The van der Waals surface area contributed by atoms with Gasteiger partial charge in [0.05, 0.1) is 5.56 Å². The molecule has 2 heteroatoms. The quantitative estimate of drug-likeness (QED) is 0.760. The number of furan rings is 1. The predicted octanol–water partition coefficient (Wildman–Crippen LogP) is 4.39. The molecule has 0 atom stereocenters. The average molecular weight is 254 g/mol. The van der Waals surface area contributed by atoms with Gasteiger partial charge < -0.3 is 4.42 Å². The van der Waals surface area contributed by atoms with Crippen LogP contribution in [0.1, 0.15) is 58.2 Å². The number of carbonyl (C=O) groups is 1. The summed E-state index contributed by atoms with van der Waals surface area (Å²) in [6.07, 6.45) is 3.68. The zero-order valence-corrected chi connectivity index (χ0v) is 11.4. The molecule has 19 heavy (non-hydrogen) atoms. The van der Waals surface area contributed by atoms with E-state index in [1.165, 1.54) is 24.8 Å². The Morgan fingerprint density at radius 1 is 1.16 bits per heavy atom. The van der Waals surface area contributed by atoms with E-state index < -0.39 is 0 Å². The fourth-order valence-electron chi connectivity index (χ4n) is 2.78. The minimum absolute atomic E-state index is 0.0943. The van der Waals surface area contributed by atoms with E-state index in [4.69, 9.17) is 4.42 Å². The molecule has 0 radical (unpaired) electrons. The summed E-state index contributed by atoms with van der Waals surface area (Å²) in [5.41, 5.74) is 2.75. The van der Waals surface area contributed by atoms with Gasteiger partial charge >= 0.3 is 0 Å². The van der Waals surface area contributed by atoms with Crippen molar-refractivity contribution in [3.63, 3.8) is 0 Å². The van der Waals surface area contributed by atoms with Crippen LogP contribution in [0.15, 0.2) is 34.7 Å². The second-order valence-electron chi connectivity index (χ2n) is 5.37. The molecule has 0 saturated heterocycles. The highest BCUT2D eigenvalue weighted by atomic mass is 16.3. The number of benzene rings is 1. The van der Waals surface area contributed by atoms with Crippen LogP contribution < -0.4 is 0 Å². The van der Waals surface area contributed by atoms with Crippen LogP contribution in [0.5, 0.6) is 0 Å². The third-order valence-corrected chi connectivity index (χ3v) is 4.04. The predicted molar refractivity (Wildman–Crippen MR) is 74.6 cm³/mol. The lowest BCUT2D eigenvalue weighted by molar-refractivity contribution is 0.103. The van der Waals surface area contributed by atoms with E-state index in [0.29, 0.717) is 17.2 Å². The summed E-state index contributed by atoms with van der Waals surface area (Å²) in [5.74, 6) is 2.16. The van der Waals surface area contributed by atoms with Gasteiger partial charge in [-0.25, -0.2) is 0 Å². The zero-order chi connectivity index (χ0) is 13.4. The molecule has 1 aromatic heterocycles. The highest BCUT2D eigenvalue weighted by Gasteiger charge is 2.25. The van der Waals surface area contributed by atoms with Crippen molar-refractivity contribution in [2.75, 3.05) is 0 Å². The highest BCUT2D eigenvalue weighted by Crippen LogP contribution is 2.38. The largest absolute Gasteiger partial charge is 0.466 e. The molecule has 1 heterocycles. The number of carbonyl (C=O) groups excluding carboxylic acids is 1. The first kappa shape index (κ1) is 12.2. The molecule has 98 valence electrons. The Hall–Kier alpha value is -1.83. The van der Waals surface area contributed by atoms with E-state index in [0.717, 1.165) is 11.3 Å². The minimum atomic E-state index is 0.0943. The van der Waals surface area contributed by atoms with Crippen molar-refractivity contribution in [3.05, 3.63) is 58.5 Å². The molecule has 2 nitrogen and oxygen atoms in total. The number of hydrogen-bond acceptors (Lipinski definition) is 2. The minimum Gasteiger partial charge on any atom is -0.466 e. The first-order valence-electron chi connectivity index (χ1n) is 6.87. The number of hydrogen-bond donors (Lipinski definition) is 0. The molecular formula is C17H18O2. The molecule has 1 aliphatic carbocycles. The lowest BCUT2D eigenvalue weighted by Gasteiger charge is -2.27. The van der Waals surface area contributed by atoms with Crippen molar-refractivity contribution < 1.29 is 9.21 Å².